The number of hydrogen-bond donors (Lipinski definition) is 3. The van der Waals surface area contributed by atoms with Crippen molar-refractivity contribution in [1.29, 1.82) is 5.26 Å². The predicted molar refractivity (Wildman–Crippen MR) is 64.0 cm³/mol. The van der Waals surface area contributed by atoms with Crippen molar-refractivity contribution in [3.8, 4) is 6.07 Å². The van der Waals surface area contributed by atoms with E-state index in [0.717, 1.165) is 0 Å². The summed E-state index contributed by atoms with van der Waals surface area (Å²) in [5.41, 5.74) is 6.08. The zero-order valence-corrected chi connectivity index (χ0v) is 9.59. The van der Waals surface area contributed by atoms with Crippen LogP contribution in [0.25, 0.3) is 0 Å². The number of nitriles is 1. The maximum absolute atomic E-state index is 11.7. The van der Waals surface area contributed by atoms with E-state index in [0.29, 0.717) is 11.1 Å². The second-order valence-corrected chi connectivity index (χ2v) is 3.69. The van der Waals surface area contributed by atoms with E-state index in [9.17, 15) is 9.59 Å². The second kappa shape index (κ2) is 6.49. The number of nitrogens with one attached hydrogen (secondary N) is 1. The van der Waals surface area contributed by atoms with E-state index in [1.54, 1.807) is 18.2 Å². The molecule has 4 N–H and O–H groups in total. The van der Waals surface area contributed by atoms with Crippen molar-refractivity contribution in [2.45, 2.75) is 6.04 Å². The Kier molecular flexibility index (Phi) is 4.99. The van der Waals surface area contributed by atoms with E-state index in [1.165, 1.54) is 6.07 Å². The SMILES string of the molecule is N#Cc1cccc(C(=O)CNC[C@H](N)C(=O)O)c1. The number of benzene rings is 1. The minimum absolute atomic E-state index is 0.0129. The van der Waals surface area contributed by atoms with E-state index in [-0.39, 0.29) is 18.9 Å². The van der Waals surface area contributed by atoms with Crippen molar-refractivity contribution in [1.82, 2.24) is 5.32 Å². The van der Waals surface area contributed by atoms with Crippen molar-refractivity contribution in [2.75, 3.05) is 13.1 Å². The number of carbonyl (C=O) groups is 2. The Morgan fingerprint density at radius 3 is 2.83 bits per heavy atom. The Morgan fingerprint density at radius 2 is 2.22 bits per heavy atom. The summed E-state index contributed by atoms with van der Waals surface area (Å²) in [6.07, 6.45) is 0. The van der Waals surface area contributed by atoms with Crippen LogP contribution in [0.2, 0.25) is 0 Å². The lowest BCUT2D eigenvalue weighted by Gasteiger charge is -2.07. The topological polar surface area (TPSA) is 116 Å². The molecule has 0 radical (unpaired) electrons. The van der Waals surface area contributed by atoms with Crippen LogP contribution in [0.3, 0.4) is 0 Å². The Bertz CT molecular complexity index is 494. The van der Waals surface area contributed by atoms with Gasteiger partial charge in [0.1, 0.15) is 6.04 Å². The zero-order valence-electron chi connectivity index (χ0n) is 9.59. The van der Waals surface area contributed by atoms with Gasteiger partial charge in [-0.05, 0) is 12.1 Å². The van der Waals surface area contributed by atoms with Crippen LogP contribution < -0.4 is 11.1 Å². The van der Waals surface area contributed by atoms with Gasteiger partial charge >= 0.3 is 5.97 Å². The van der Waals surface area contributed by atoms with Crippen molar-refractivity contribution in [3.63, 3.8) is 0 Å². The number of hydrogen-bond acceptors (Lipinski definition) is 5. The molecule has 1 aromatic carbocycles. The van der Waals surface area contributed by atoms with Crippen molar-refractivity contribution in [3.05, 3.63) is 35.4 Å². The standard InChI is InChI=1S/C12H13N3O3/c13-5-8-2-1-3-9(4-8)11(16)7-15-6-10(14)12(17)18/h1-4,10,15H,6-7,14H2,(H,17,18)/t10-/m0/s1. The molecule has 0 bridgehead atoms. The third-order valence-electron chi connectivity index (χ3n) is 2.28. The molecule has 0 spiro atoms. The molecule has 1 aromatic rings. The zero-order chi connectivity index (χ0) is 13.5. The van der Waals surface area contributed by atoms with Gasteiger partial charge in [-0.25, -0.2) is 0 Å². The molecule has 0 unspecified atom stereocenters. The number of aliphatic carboxylic acids is 1. The Hall–Kier alpha value is -2.23. The van der Waals surface area contributed by atoms with Gasteiger partial charge in [0.15, 0.2) is 5.78 Å². The smallest absolute Gasteiger partial charge is 0.321 e. The summed E-state index contributed by atoms with van der Waals surface area (Å²) in [6.45, 7) is -0.00508. The summed E-state index contributed by atoms with van der Waals surface area (Å²) in [4.78, 5) is 22.1. The molecule has 94 valence electrons. The molecule has 1 rings (SSSR count). The minimum atomic E-state index is -1.12. The maximum atomic E-state index is 11.7. The average molecular weight is 247 g/mol. The average Bonchev–Trinajstić information content (AvgIpc) is 2.38. The third-order valence-corrected chi connectivity index (χ3v) is 2.28. The highest BCUT2D eigenvalue weighted by Crippen LogP contribution is 2.04. The molecule has 0 aliphatic carbocycles. The quantitative estimate of drug-likeness (QED) is 0.596. The lowest BCUT2D eigenvalue weighted by Crippen LogP contribution is -2.41. The molecule has 6 nitrogen and oxygen atoms in total. The van der Waals surface area contributed by atoms with Gasteiger partial charge in [0.2, 0.25) is 0 Å². The summed E-state index contributed by atoms with van der Waals surface area (Å²) >= 11 is 0. The molecule has 0 aliphatic heterocycles. The first kappa shape index (κ1) is 13.8. The first-order chi connectivity index (χ1) is 8.54. The van der Waals surface area contributed by atoms with E-state index in [1.807, 2.05) is 6.07 Å². The number of nitrogens with two attached hydrogens (primary N) is 1. The van der Waals surface area contributed by atoms with Crippen LogP contribution in [-0.2, 0) is 4.79 Å². The van der Waals surface area contributed by atoms with Gasteiger partial charge in [0.25, 0.3) is 0 Å². The normalized spacial score (nSPS) is 11.6. The number of nitrogens with zero attached hydrogens (tertiary/aromatic N) is 1. The molecule has 0 aliphatic rings. The second-order valence-electron chi connectivity index (χ2n) is 3.69. The van der Waals surface area contributed by atoms with Crippen LogP contribution >= 0.6 is 0 Å². The fraction of sp³-hybridized carbons (Fsp3) is 0.250. The lowest BCUT2D eigenvalue weighted by atomic mass is 10.1. The van der Waals surface area contributed by atoms with E-state index >= 15 is 0 Å². The highest BCUT2D eigenvalue weighted by Gasteiger charge is 2.12. The fourth-order valence-corrected chi connectivity index (χ4v) is 1.29. The third kappa shape index (κ3) is 3.97. The van der Waals surface area contributed by atoms with Gasteiger partial charge in [-0.2, -0.15) is 5.26 Å². The molecular weight excluding hydrogens is 234 g/mol. The molecule has 18 heavy (non-hydrogen) atoms. The molecule has 0 saturated carbocycles. The highest BCUT2D eigenvalue weighted by atomic mass is 16.4. The summed E-state index contributed by atoms with van der Waals surface area (Å²) in [5.74, 6) is -1.34. The van der Waals surface area contributed by atoms with Gasteiger partial charge in [0.05, 0.1) is 18.2 Å². The fourth-order valence-electron chi connectivity index (χ4n) is 1.29. The molecule has 0 amide bonds. The van der Waals surface area contributed by atoms with Crippen molar-refractivity contribution in [2.24, 2.45) is 5.73 Å². The van der Waals surface area contributed by atoms with Crippen LogP contribution in [-0.4, -0.2) is 36.0 Å². The van der Waals surface area contributed by atoms with Gasteiger partial charge in [0, 0.05) is 12.1 Å². The monoisotopic (exact) mass is 247 g/mol. The van der Waals surface area contributed by atoms with E-state index in [2.05, 4.69) is 5.32 Å². The summed E-state index contributed by atoms with van der Waals surface area (Å²) in [7, 11) is 0. The largest absolute Gasteiger partial charge is 0.480 e. The molecule has 0 aromatic heterocycles. The first-order valence-electron chi connectivity index (χ1n) is 5.27. The Balaban J connectivity index is 2.51. The summed E-state index contributed by atoms with van der Waals surface area (Å²) < 4.78 is 0. The van der Waals surface area contributed by atoms with Crippen LogP contribution in [0.15, 0.2) is 24.3 Å². The summed E-state index contributed by atoms with van der Waals surface area (Å²) in [5, 5.41) is 19.9. The number of carboxylic acids is 1. The molecule has 0 heterocycles. The highest BCUT2D eigenvalue weighted by molar-refractivity contribution is 5.97. The first-order valence-corrected chi connectivity index (χ1v) is 5.27. The number of carboxylic acid groups (broad SMARTS) is 1. The minimum Gasteiger partial charge on any atom is -0.480 e. The van der Waals surface area contributed by atoms with E-state index < -0.39 is 12.0 Å². The van der Waals surface area contributed by atoms with Gasteiger partial charge < -0.3 is 16.2 Å². The van der Waals surface area contributed by atoms with Gasteiger partial charge in [-0.1, -0.05) is 12.1 Å². The van der Waals surface area contributed by atoms with Crippen LogP contribution in [0.5, 0.6) is 0 Å². The van der Waals surface area contributed by atoms with Gasteiger partial charge in [-0.3, -0.25) is 9.59 Å². The molecular formula is C12H13N3O3. The predicted octanol–water partition coefficient (Wildman–Crippen LogP) is -0.258. The number of ketones is 1. The van der Waals surface area contributed by atoms with Crippen molar-refractivity contribution < 1.29 is 14.7 Å². The number of carbonyl (C=O) groups excluding carboxylic acids is 1. The maximum Gasteiger partial charge on any atom is 0.321 e. The molecule has 1 atom stereocenters. The van der Waals surface area contributed by atoms with Gasteiger partial charge in [-0.15, -0.1) is 0 Å². The number of rotatable bonds is 6. The van der Waals surface area contributed by atoms with Crippen LogP contribution in [0.1, 0.15) is 15.9 Å². The Morgan fingerprint density at radius 1 is 1.50 bits per heavy atom. The van der Waals surface area contributed by atoms with E-state index in [4.69, 9.17) is 16.1 Å². The summed E-state index contributed by atoms with van der Waals surface area (Å²) in [6, 6.07) is 7.21. The Labute approximate surface area is 104 Å². The molecule has 6 heteroatoms. The number of Topliss-reactive ketones (excluding diaryl/α,β-unsaturated/α-hetero) is 1. The van der Waals surface area contributed by atoms with Crippen molar-refractivity contribution >= 4 is 11.8 Å². The lowest BCUT2D eigenvalue weighted by molar-refractivity contribution is -0.138. The van der Waals surface area contributed by atoms with Crippen LogP contribution in [0, 0.1) is 11.3 Å². The molecule has 0 fully saturated rings. The molecule has 0 saturated heterocycles. The van der Waals surface area contributed by atoms with Crippen LogP contribution in [0.4, 0.5) is 0 Å².